The number of amides is 1. The van der Waals surface area contributed by atoms with E-state index >= 15 is 0 Å². The van der Waals surface area contributed by atoms with Gasteiger partial charge in [0.15, 0.2) is 12.4 Å². The molecular formula is C41H50F3N7O2. The van der Waals surface area contributed by atoms with Crippen LogP contribution in [0.25, 0.3) is 22.0 Å². The average Bonchev–Trinajstić information content (AvgIpc) is 3.74. The third kappa shape index (κ3) is 6.55. The van der Waals surface area contributed by atoms with Crippen molar-refractivity contribution in [3.63, 3.8) is 0 Å². The molecule has 3 aromatic rings. The van der Waals surface area contributed by atoms with Crippen molar-refractivity contribution in [1.29, 1.82) is 0 Å². The zero-order valence-electron chi connectivity index (χ0n) is 31.4. The number of anilines is 2. The summed E-state index contributed by atoms with van der Waals surface area (Å²) < 4.78 is 48.2. The van der Waals surface area contributed by atoms with Gasteiger partial charge in [0.05, 0.1) is 0 Å². The first-order chi connectivity index (χ1) is 25.4. The Morgan fingerprint density at radius 2 is 1.68 bits per heavy atom. The Labute approximate surface area is 309 Å². The number of carbonyl (C=O) groups is 1. The van der Waals surface area contributed by atoms with Crippen LogP contribution in [0.2, 0.25) is 0 Å². The molecule has 0 bridgehead atoms. The predicted octanol–water partition coefficient (Wildman–Crippen LogP) is 6.76. The van der Waals surface area contributed by atoms with E-state index in [9.17, 15) is 18.0 Å². The van der Waals surface area contributed by atoms with E-state index in [1.165, 1.54) is 25.3 Å². The topological polar surface area (TPSA) is 77.4 Å². The number of aliphatic imine (C=N–C) groups is 1. The first kappa shape index (κ1) is 35.8. The molecule has 282 valence electrons. The molecule has 5 fully saturated rings. The van der Waals surface area contributed by atoms with E-state index < -0.39 is 12.8 Å². The van der Waals surface area contributed by atoms with Gasteiger partial charge in [0.2, 0.25) is 11.9 Å². The highest BCUT2D eigenvalue weighted by molar-refractivity contribution is 6.04. The molecule has 1 aromatic heterocycles. The van der Waals surface area contributed by atoms with Crippen molar-refractivity contribution in [2.24, 2.45) is 15.8 Å². The minimum Gasteiger partial charge on any atom is -0.481 e. The van der Waals surface area contributed by atoms with Crippen LogP contribution in [0, 0.1) is 24.7 Å². The number of nitrogens with zero attached hydrogens (tertiary/aromatic N) is 7. The zero-order valence-corrected chi connectivity index (χ0v) is 31.4. The molecule has 8 rings (SSSR count). The van der Waals surface area contributed by atoms with Gasteiger partial charge in [-0.05, 0) is 98.7 Å². The standard InChI is InChI=1S/C41H50F3N7O2/c1-6-28-18-30-35(36(53-25-41(42,43)44)34(28)33-27(4)9-8-26(3)31(33)19-45-5)46-38(50-20-29(21-50)49-17-12-39(22-49)10-11-39)47-37(30)48-15-13-40(14-16-48)23-51(24-40)32(52)7-2/h7-9,18-19,29H,2,6,10-17,20-25H2,1,3-5H3. The highest BCUT2D eigenvalue weighted by Crippen LogP contribution is 2.53. The van der Waals surface area contributed by atoms with Crippen LogP contribution in [0.5, 0.6) is 5.75 Å². The van der Waals surface area contributed by atoms with Crippen LogP contribution in [0.4, 0.5) is 24.9 Å². The molecule has 53 heavy (non-hydrogen) atoms. The molecule has 0 N–H and O–H groups in total. The lowest BCUT2D eigenvalue weighted by atomic mass is 9.72. The summed E-state index contributed by atoms with van der Waals surface area (Å²) in [6.45, 7) is 14.9. The lowest BCUT2D eigenvalue weighted by Crippen LogP contribution is -2.61. The number of hydrogen-bond donors (Lipinski definition) is 0. The van der Waals surface area contributed by atoms with E-state index in [1.807, 2.05) is 37.8 Å². The molecular weight excluding hydrogens is 679 g/mol. The monoisotopic (exact) mass is 729 g/mol. The number of hydrogen-bond acceptors (Lipinski definition) is 8. The van der Waals surface area contributed by atoms with E-state index in [-0.39, 0.29) is 17.1 Å². The van der Waals surface area contributed by atoms with Crippen LogP contribution in [0.3, 0.4) is 0 Å². The maximum atomic E-state index is 14.1. The summed E-state index contributed by atoms with van der Waals surface area (Å²) >= 11 is 0. The van der Waals surface area contributed by atoms with E-state index in [0.717, 1.165) is 85.7 Å². The minimum atomic E-state index is -4.55. The van der Waals surface area contributed by atoms with Gasteiger partial charge in [-0.15, -0.1) is 0 Å². The molecule has 9 nitrogen and oxygen atoms in total. The van der Waals surface area contributed by atoms with E-state index in [2.05, 4.69) is 32.3 Å². The van der Waals surface area contributed by atoms with Crippen molar-refractivity contribution in [2.45, 2.75) is 71.5 Å². The number of alkyl halides is 3. The molecule has 4 aliphatic heterocycles. The number of halogens is 3. The summed E-state index contributed by atoms with van der Waals surface area (Å²) in [6.07, 6.45) is 4.85. The molecule has 0 unspecified atom stereocenters. The summed E-state index contributed by atoms with van der Waals surface area (Å²) in [7, 11) is 1.70. The Morgan fingerprint density at radius 1 is 0.981 bits per heavy atom. The molecule has 1 amide bonds. The molecule has 0 atom stereocenters. The number of rotatable bonds is 9. The smallest absolute Gasteiger partial charge is 0.422 e. The van der Waals surface area contributed by atoms with Crippen molar-refractivity contribution < 1.29 is 22.7 Å². The van der Waals surface area contributed by atoms with Gasteiger partial charge in [-0.1, -0.05) is 25.6 Å². The number of ether oxygens (including phenoxy) is 1. The molecule has 0 radical (unpaired) electrons. The molecule has 1 aliphatic carbocycles. The van der Waals surface area contributed by atoms with Crippen molar-refractivity contribution in [3.8, 4) is 16.9 Å². The first-order valence-corrected chi connectivity index (χ1v) is 19.1. The van der Waals surface area contributed by atoms with Crippen LogP contribution >= 0.6 is 0 Å². The first-order valence-electron chi connectivity index (χ1n) is 19.1. The Morgan fingerprint density at radius 3 is 2.30 bits per heavy atom. The van der Waals surface area contributed by atoms with Gasteiger partial charge in [-0.2, -0.15) is 18.2 Å². The normalized spacial score (nSPS) is 21.2. The van der Waals surface area contributed by atoms with Gasteiger partial charge >= 0.3 is 6.18 Å². The third-order valence-corrected chi connectivity index (χ3v) is 12.7. The minimum absolute atomic E-state index is 0.0370. The maximum absolute atomic E-state index is 14.1. The third-order valence-electron chi connectivity index (χ3n) is 12.7. The number of benzene rings is 2. The Kier molecular flexibility index (Phi) is 8.98. The molecule has 12 heteroatoms. The molecule has 1 saturated carbocycles. The number of piperidine rings is 1. The molecule has 5 heterocycles. The molecule has 5 aliphatic rings. The summed E-state index contributed by atoms with van der Waals surface area (Å²) in [5.41, 5.74) is 6.03. The summed E-state index contributed by atoms with van der Waals surface area (Å²) in [6, 6.07) is 6.51. The van der Waals surface area contributed by atoms with Crippen molar-refractivity contribution in [3.05, 3.63) is 53.1 Å². The van der Waals surface area contributed by atoms with Gasteiger partial charge in [-0.3, -0.25) is 14.7 Å². The Hall–Kier alpha value is -4.19. The molecule has 4 saturated heterocycles. The fourth-order valence-electron chi connectivity index (χ4n) is 9.23. The largest absolute Gasteiger partial charge is 0.481 e. The molecule has 2 aromatic carbocycles. The number of aryl methyl sites for hydroxylation is 3. The van der Waals surface area contributed by atoms with Crippen LogP contribution < -0.4 is 14.5 Å². The van der Waals surface area contributed by atoms with Gasteiger partial charge in [0, 0.05) is 87.0 Å². The fourth-order valence-corrected chi connectivity index (χ4v) is 9.23. The van der Waals surface area contributed by atoms with Crippen LogP contribution in [-0.2, 0) is 11.2 Å². The second-order valence-electron chi connectivity index (χ2n) is 16.3. The van der Waals surface area contributed by atoms with E-state index in [1.54, 1.807) is 13.3 Å². The number of carbonyl (C=O) groups excluding carboxylic acids is 1. The highest BCUT2D eigenvalue weighted by atomic mass is 19.4. The lowest BCUT2D eigenvalue weighted by molar-refractivity contribution is -0.153. The summed E-state index contributed by atoms with van der Waals surface area (Å²) in [5, 5.41) is 0.697. The van der Waals surface area contributed by atoms with Gasteiger partial charge in [0.25, 0.3) is 0 Å². The van der Waals surface area contributed by atoms with Crippen molar-refractivity contribution in [1.82, 2.24) is 19.8 Å². The maximum Gasteiger partial charge on any atom is 0.422 e. The number of aromatic nitrogens is 2. The predicted molar refractivity (Wildman–Crippen MR) is 203 cm³/mol. The van der Waals surface area contributed by atoms with Crippen LogP contribution in [0.15, 0.2) is 35.8 Å². The van der Waals surface area contributed by atoms with Crippen LogP contribution in [0.1, 0.15) is 61.3 Å². The second-order valence-corrected chi connectivity index (χ2v) is 16.3. The zero-order chi connectivity index (χ0) is 37.3. The second kappa shape index (κ2) is 13.3. The van der Waals surface area contributed by atoms with Crippen LogP contribution in [-0.4, -0.2) is 110 Å². The van der Waals surface area contributed by atoms with Crippen molar-refractivity contribution in [2.75, 3.05) is 75.8 Å². The average molecular weight is 730 g/mol. The van der Waals surface area contributed by atoms with Gasteiger partial charge in [-0.25, -0.2) is 4.98 Å². The highest BCUT2D eigenvalue weighted by Gasteiger charge is 2.51. The van der Waals surface area contributed by atoms with Gasteiger partial charge < -0.3 is 19.4 Å². The SMILES string of the molecule is C=CC(=O)N1CC2(CCN(c3nc(N4CC(N5CCC6(CC6)C5)C4)nc4c(OCC(F)(F)F)c(-c5c(C)ccc(C)c5C=NC)c(CC)cc34)CC2)C1. The Bertz CT molecular complexity index is 1970. The molecule has 2 spiro atoms. The number of likely N-dealkylation sites (tertiary alicyclic amines) is 2. The Balaban J connectivity index is 1.25. The van der Waals surface area contributed by atoms with Gasteiger partial charge in [0.1, 0.15) is 11.3 Å². The quantitative estimate of drug-likeness (QED) is 0.178. The summed E-state index contributed by atoms with van der Waals surface area (Å²) in [5.74, 6) is 1.36. The van der Waals surface area contributed by atoms with E-state index in [0.29, 0.717) is 53.4 Å². The number of fused-ring (bicyclic) bond motifs is 1. The van der Waals surface area contributed by atoms with Crippen molar-refractivity contribution >= 4 is 34.8 Å². The summed E-state index contributed by atoms with van der Waals surface area (Å²) in [4.78, 5) is 35.9. The van der Waals surface area contributed by atoms with E-state index in [4.69, 9.17) is 14.7 Å². The lowest BCUT2D eigenvalue weighted by Gasteiger charge is -2.54. The fraction of sp³-hybridized carbons (Fsp3) is 0.561.